The van der Waals surface area contributed by atoms with Gasteiger partial charge in [0.1, 0.15) is 5.25 Å². The summed E-state index contributed by atoms with van der Waals surface area (Å²) in [4.78, 5) is 12.5. The molecule has 2 heterocycles. The molecule has 1 aromatic heterocycles. The number of anilines is 1. The Morgan fingerprint density at radius 2 is 2.31 bits per heavy atom. The molecule has 8 heteroatoms. The number of aromatic nitrogens is 1. The summed E-state index contributed by atoms with van der Waals surface area (Å²) in [5.74, 6) is -0.337. The van der Waals surface area contributed by atoms with Crippen molar-refractivity contribution in [3.63, 3.8) is 0 Å². The second-order valence-corrected chi connectivity index (χ2v) is 5.23. The first-order chi connectivity index (χ1) is 7.38. The van der Waals surface area contributed by atoms with Crippen LogP contribution < -0.4 is 4.90 Å². The smallest absolute Gasteiger partial charge is 0.307 e. The lowest BCUT2D eigenvalue weighted by Crippen LogP contribution is -2.26. The summed E-state index contributed by atoms with van der Waals surface area (Å²) >= 11 is 0. The number of halogens is 1. The standard InChI is InChI=1S/C8H9FN2O4S/c1-5-2-8(15-10-5)11-4-6(3-7(11)12)16(9,13)14/h2,6H,3-4H2,1H3. The number of hydrogen-bond acceptors (Lipinski definition) is 5. The summed E-state index contributed by atoms with van der Waals surface area (Å²) in [6.45, 7) is 1.43. The summed E-state index contributed by atoms with van der Waals surface area (Å²) in [6.07, 6.45) is -0.363. The van der Waals surface area contributed by atoms with Gasteiger partial charge in [-0.2, -0.15) is 8.42 Å². The monoisotopic (exact) mass is 248 g/mol. The maximum absolute atomic E-state index is 12.7. The molecule has 1 aliphatic rings. The van der Waals surface area contributed by atoms with Crippen LogP contribution in [-0.4, -0.2) is 31.3 Å². The Bertz CT molecular complexity index is 524. The van der Waals surface area contributed by atoms with E-state index in [1.54, 1.807) is 6.92 Å². The molecular formula is C8H9FN2O4S. The van der Waals surface area contributed by atoms with E-state index in [2.05, 4.69) is 5.16 Å². The summed E-state index contributed by atoms with van der Waals surface area (Å²) in [6, 6.07) is 1.49. The fourth-order valence-electron chi connectivity index (χ4n) is 1.55. The van der Waals surface area contributed by atoms with Crippen molar-refractivity contribution in [2.45, 2.75) is 18.6 Å². The summed E-state index contributed by atoms with van der Waals surface area (Å²) in [5.41, 5.74) is 0.564. The van der Waals surface area contributed by atoms with Crippen LogP contribution in [0.25, 0.3) is 0 Å². The maximum Gasteiger partial charge on any atom is 0.307 e. The lowest BCUT2D eigenvalue weighted by molar-refractivity contribution is -0.117. The predicted octanol–water partition coefficient (Wildman–Crippen LogP) is 0.388. The number of rotatable bonds is 2. The van der Waals surface area contributed by atoms with Crippen LogP contribution in [0.4, 0.5) is 9.77 Å². The molecule has 16 heavy (non-hydrogen) atoms. The summed E-state index contributed by atoms with van der Waals surface area (Å²) in [7, 11) is -4.69. The zero-order chi connectivity index (χ0) is 11.9. The highest BCUT2D eigenvalue weighted by molar-refractivity contribution is 7.87. The number of amides is 1. The molecule has 0 aliphatic carbocycles. The highest BCUT2D eigenvalue weighted by atomic mass is 32.3. The normalized spacial score (nSPS) is 21.8. The van der Waals surface area contributed by atoms with Gasteiger partial charge in [0.05, 0.1) is 5.69 Å². The molecule has 1 saturated heterocycles. The lowest BCUT2D eigenvalue weighted by Gasteiger charge is -2.10. The van der Waals surface area contributed by atoms with Crippen LogP contribution in [0.5, 0.6) is 0 Å². The highest BCUT2D eigenvalue weighted by Crippen LogP contribution is 2.26. The van der Waals surface area contributed by atoms with Crippen LogP contribution in [0.1, 0.15) is 12.1 Å². The van der Waals surface area contributed by atoms with Crippen molar-refractivity contribution >= 4 is 22.0 Å². The van der Waals surface area contributed by atoms with Gasteiger partial charge in [0.2, 0.25) is 11.8 Å². The molecule has 1 fully saturated rings. The van der Waals surface area contributed by atoms with Crippen molar-refractivity contribution in [2.75, 3.05) is 11.4 Å². The molecule has 1 aliphatic heterocycles. The van der Waals surface area contributed by atoms with E-state index in [0.29, 0.717) is 5.69 Å². The molecule has 0 aromatic carbocycles. The van der Waals surface area contributed by atoms with E-state index in [1.807, 2.05) is 0 Å². The lowest BCUT2D eigenvalue weighted by atomic mass is 10.4. The number of carbonyl (C=O) groups excluding carboxylic acids is 1. The van der Waals surface area contributed by atoms with Gasteiger partial charge < -0.3 is 4.52 Å². The largest absolute Gasteiger partial charge is 0.338 e. The van der Waals surface area contributed by atoms with Crippen molar-refractivity contribution in [1.82, 2.24) is 5.16 Å². The first-order valence-electron chi connectivity index (χ1n) is 4.55. The first-order valence-corrected chi connectivity index (χ1v) is 6.00. The van der Waals surface area contributed by atoms with Crippen molar-refractivity contribution in [2.24, 2.45) is 0 Å². The van der Waals surface area contributed by atoms with E-state index in [-0.39, 0.29) is 18.8 Å². The molecule has 0 spiro atoms. The quantitative estimate of drug-likeness (QED) is 0.707. The second-order valence-electron chi connectivity index (χ2n) is 3.61. The van der Waals surface area contributed by atoms with Crippen LogP contribution >= 0.6 is 0 Å². The molecular weight excluding hydrogens is 239 g/mol. The average Bonchev–Trinajstić information content (AvgIpc) is 2.70. The van der Waals surface area contributed by atoms with Crippen LogP contribution in [0.15, 0.2) is 10.6 Å². The topological polar surface area (TPSA) is 80.5 Å². The van der Waals surface area contributed by atoms with E-state index in [4.69, 9.17) is 4.52 Å². The molecule has 0 bridgehead atoms. The van der Waals surface area contributed by atoms with E-state index >= 15 is 0 Å². The molecule has 0 saturated carbocycles. The van der Waals surface area contributed by atoms with Crippen LogP contribution in [0.3, 0.4) is 0 Å². The van der Waals surface area contributed by atoms with E-state index in [0.717, 1.165) is 4.90 Å². The van der Waals surface area contributed by atoms with Gasteiger partial charge in [-0.1, -0.05) is 5.16 Å². The van der Waals surface area contributed by atoms with Gasteiger partial charge in [-0.3, -0.25) is 9.69 Å². The van der Waals surface area contributed by atoms with Crippen molar-refractivity contribution in [3.8, 4) is 0 Å². The average molecular weight is 248 g/mol. The molecule has 1 aromatic rings. The van der Waals surface area contributed by atoms with Gasteiger partial charge in [-0.25, -0.2) is 0 Å². The number of hydrogen-bond donors (Lipinski definition) is 0. The highest BCUT2D eigenvalue weighted by Gasteiger charge is 2.40. The summed E-state index contributed by atoms with van der Waals surface area (Å²) in [5, 5.41) is 2.26. The van der Waals surface area contributed by atoms with Gasteiger partial charge in [-0.15, -0.1) is 3.89 Å². The van der Waals surface area contributed by atoms with Gasteiger partial charge in [-0.05, 0) is 6.92 Å². The van der Waals surface area contributed by atoms with Crippen molar-refractivity contribution in [1.29, 1.82) is 0 Å². The van der Waals surface area contributed by atoms with E-state index in [9.17, 15) is 17.1 Å². The zero-order valence-corrected chi connectivity index (χ0v) is 9.20. The predicted molar refractivity (Wildman–Crippen MR) is 52.0 cm³/mol. The van der Waals surface area contributed by atoms with Gasteiger partial charge in [0.15, 0.2) is 0 Å². The van der Waals surface area contributed by atoms with Crippen LogP contribution in [0, 0.1) is 6.92 Å². The molecule has 1 unspecified atom stereocenters. The molecule has 1 atom stereocenters. The van der Waals surface area contributed by atoms with Crippen molar-refractivity contribution in [3.05, 3.63) is 11.8 Å². The SMILES string of the molecule is Cc1cc(N2CC(S(=O)(=O)F)CC2=O)on1. The number of carbonyl (C=O) groups is 1. The molecule has 1 amide bonds. The fourth-order valence-corrected chi connectivity index (χ4v) is 2.22. The Labute approximate surface area is 91.2 Å². The Morgan fingerprint density at radius 1 is 1.62 bits per heavy atom. The van der Waals surface area contributed by atoms with E-state index < -0.39 is 21.4 Å². The zero-order valence-electron chi connectivity index (χ0n) is 8.38. The molecule has 0 N–H and O–H groups in total. The maximum atomic E-state index is 12.7. The second kappa shape index (κ2) is 3.55. The van der Waals surface area contributed by atoms with Gasteiger partial charge >= 0.3 is 10.2 Å². The molecule has 0 radical (unpaired) electrons. The van der Waals surface area contributed by atoms with Crippen LogP contribution in [-0.2, 0) is 15.0 Å². The Morgan fingerprint density at radius 3 is 2.75 bits per heavy atom. The Balaban J connectivity index is 2.24. The third-order valence-electron chi connectivity index (χ3n) is 2.37. The van der Waals surface area contributed by atoms with Gasteiger partial charge in [0, 0.05) is 19.0 Å². The third kappa shape index (κ3) is 1.92. The Kier molecular flexibility index (Phi) is 2.45. The minimum Gasteiger partial charge on any atom is -0.338 e. The van der Waals surface area contributed by atoms with Crippen molar-refractivity contribution < 1.29 is 21.6 Å². The molecule has 2 rings (SSSR count). The van der Waals surface area contributed by atoms with Crippen LogP contribution in [0.2, 0.25) is 0 Å². The Hall–Kier alpha value is -1.44. The minimum absolute atomic E-state index is 0.147. The van der Waals surface area contributed by atoms with E-state index in [1.165, 1.54) is 6.07 Å². The van der Waals surface area contributed by atoms with Gasteiger partial charge in [0.25, 0.3) is 0 Å². The third-order valence-corrected chi connectivity index (χ3v) is 3.48. The number of nitrogens with zero attached hydrogens (tertiary/aromatic N) is 2. The molecule has 88 valence electrons. The first kappa shape index (κ1) is 11.1. The number of aryl methyl sites for hydroxylation is 1. The molecule has 6 nitrogen and oxygen atoms in total. The minimum atomic E-state index is -4.69. The fraction of sp³-hybridized carbons (Fsp3) is 0.500. The summed E-state index contributed by atoms with van der Waals surface area (Å²) < 4.78 is 38.9.